The molecule has 0 spiro atoms. The van der Waals surface area contributed by atoms with E-state index in [9.17, 15) is 14.4 Å². The lowest BCUT2D eigenvalue weighted by Crippen LogP contribution is -2.30. The van der Waals surface area contributed by atoms with E-state index >= 15 is 0 Å². The van der Waals surface area contributed by atoms with Crippen LogP contribution in [0.1, 0.15) is 252 Å². The van der Waals surface area contributed by atoms with E-state index in [0.717, 1.165) is 63.7 Å². The molecular formula is C46H88O6. The van der Waals surface area contributed by atoms with Gasteiger partial charge in [0.15, 0.2) is 6.10 Å². The third-order valence-electron chi connectivity index (χ3n) is 10.7. The fourth-order valence-corrected chi connectivity index (χ4v) is 6.77. The second-order valence-electron chi connectivity index (χ2n) is 15.9. The Kier molecular flexibility index (Phi) is 39.4. The predicted molar refractivity (Wildman–Crippen MR) is 220 cm³/mol. The minimum absolute atomic E-state index is 0.0642. The van der Waals surface area contributed by atoms with Crippen LogP contribution in [0, 0.1) is 5.92 Å². The van der Waals surface area contributed by atoms with Gasteiger partial charge in [0.05, 0.1) is 0 Å². The molecule has 0 saturated carbocycles. The first-order valence-corrected chi connectivity index (χ1v) is 22.9. The first-order chi connectivity index (χ1) is 25.4. The summed E-state index contributed by atoms with van der Waals surface area (Å²) in [7, 11) is 0. The van der Waals surface area contributed by atoms with Gasteiger partial charge in [-0.1, -0.05) is 214 Å². The summed E-state index contributed by atoms with van der Waals surface area (Å²) in [4.78, 5) is 37.5. The number of ether oxygens (including phenoxy) is 3. The molecule has 0 rings (SSSR count). The second kappa shape index (κ2) is 40.6. The molecule has 6 nitrogen and oxygen atoms in total. The van der Waals surface area contributed by atoms with E-state index in [1.165, 1.54) is 148 Å². The Morgan fingerprint density at radius 1 is 0.385 bits per heavy atom. The summed E-state index contributed by atoms with van der Waals surface area (Å²) in [5.41, 5.74) is 0. The second-order valence-corrected chi connectivity index (χ2v) is 15.9. The van der Waals surface area contributed by atoms with Crippen LogP contribution in [-0.2, 0) is 28.6 Å². The summed E-state index contributed by atoms with van der Waals surface area (Å²) in [6.07, 6.45) is 39.5. The fourth-order valence-electron chi connectivity index (χ4n) is 6.77. The van der Waals surface area contributed by atoms with E-state index in [0.29, 0.717) is 19.3 Å². The first kappa shape index (κ1) is 50.4. The summed E-state index contributed by atoms with van der Waals surface area (Å²) in [6, 6.07) is 0. The van der Waals surface area contributed by atoms with Crippen LogP contribution in [-0.4, -0.2) is 37.2 Å². The lowest BCUT2D eigenvalue weighted by atomic mass is 9.99. The molecule has 0 fully saturated rings. The van der Waals surface area contributed by atoms with Gasteiger partial charge in [-0.25, -0.2) is 0 Å². The lowest BCUT2D eigenvalue weighted by molar-refractivity contribution is -0.167. The molecule has 0 aromatic carbocycles. The van der Waals surface area contributed by atoms with Crippen molar-refractivity contribution in [1.29, 1.82) is 0 Å². The standard InChI is InChI=1S/C46H88O6/c1-5-8-10-12-14-21-27-31-35-39-46(49)52-43(40-50-44(47)37-33-29-24-13-11-9-6-2)41-51-45(48)38-34-30-26-23-20-18-16-15-17-19-22-25-28-32-36-42(4)7-3/h42-43H,5-41H2,1-4H3/t42?,43-/m1/s1. The molecule has 0 amide bonds. The molecule has 0 heterocycles. The molecule has 0 bridgehead atoms. The number of hydrogen-bond donors (Lipinski definition) is 0. The summed E-state index contributed by atoms with van der Waals surface area (Å²) in [6.45, 7) is 8.98. The van der Waals surface area contributed by atoms with Crippen LogP contribution < -0.4 is 0 Å². The van der Waals surface area contributed by atoms with E-state index in [1.807, 2.05) is 0 Å². The van der Waals surface area contributed by atoms with Crippen LogP contribution in [0.4, 0.5) is 0 Å². The minimum atomic E-state index is -0.757. The Bertz CT molecular complexity index is 783. The highest BCUT2D eigenvalue weighted by molar-refractivity contribution is 5.71. The number of carbonyl (C=O) groups excluding carboxylic acids is 3. The van der Waals surface area contributed by atoms with Crippen molar-refractivity contribution >= 4 is 17.9 Å². The van der Waals surface area contributed by atoms with Crippen molar-refractivity contribution in [1.82, 2.24) is 0 Å². The molecule has 0 saturated heterocycles. The number of unbranched alkanes of at least 4 members (excludes halogenated alkanes) is 27. The molecule has 0 aliphatic rings. The predicted octanol–water partition coefficient (Wildman–Crippen LogP) is 14.3. The molecule has 0 aliphatic carbocycles. The van der Waals surface area contributed by atoms with Gasteiger partial charge in [0.2, 0.25) is 0 Å². The Morgan fingerprint density at radius 2 is 0.673 bits per heavy atom. The Balaban J connectivity index is 4.17. The van der Waals surface area contributed by atoms with Gasteiger partial charge in [-0.3, -0.25) is 14.4 Å². The van der Waals surface area contributed by atoms with Gasteiger partial charge in [-0.05, 0) is 25.2 Å². The monoisotopic (exact) mass is 737 g/mol. The molecule has 0 N–H and O–H groups in total. The average Bonchev–Trinajstić information content (AvgIpc) is 3.14. The van der Waals surface area contributed by atoms with E-state index in [-0.39, 0.29) is 31.1 Å². The van der Waals surface area contributed by atoms with E-state index in [2.05, 4.69) is 27.7 Å². The summed E-state index contributed by atoms with van der Waals surface area (Å²) in [5.74, 6) is 0.0329. The van der Waals surface area contributed by atoms with Crippen molar-refractivity contribution in [2.24, 2.45) is 5.92 Å². The average molecular weight is 737 g/mol. The van der Waals surface area contributed by atoms with Crippen molar-refractivity contribution in [3.63, 3.8) is 0 Å². The van der Waals surface area contributed by atoms with Crippen LogP contribution in [0.25, 0.3) is 0 Å². The van der Waals surface area contributed by atoms with Gasteiger partial charge in [0, 0.05) is 19.3 Å². The van der Waals surface area contributed by atoms with Crippen LogP contribution in [0.15, 0.2) is 0 Å². The van der Waals surface area contributed by atoms with Gasteiger partial charge in [0.25, 0.3) is 0 Å². The molecule has 6 heteroatoms. The zero-order valence-electron chi connectivity index (χ0n) is 35.3. The Hall–Kier alpha value is -1.59. The van der Waals surface area contributed by atoms with E-state index in [1.54, 1.807) is 0 Å². The SMILES string of the molecule is CCCCCCCCCCCC(=O)O[C@H](COC(=O)CCCCCCCCC)COC(=O)CCCCCCCCCCCCCCCCC(C)CC. The van der Waals surface area contributed by atoms with Gasteiger partial charge >= 0.3 is 17.9 Å². The van der Waals surface area contributed by atoms with Gasteiger partial charge in [-0.15, -0.1) is 0 Å². The largest absolute Gasteiger partial charge is 0.462 e. The molecule has 0 aliphatic heterocycles. The van der Waals surface area contributed by atoms with Crippen LogP contribution in [0.2, 0.25) is 0 Å². The van der Waals surface area contributed by atoms with Crippen molar-refractivity contribution in [2.75, 3.05) is 13.2 Å². The molecule has 308 valence electrons. The number of hydrogen-bond acceptors (Lipinski definition) is 6. The van der Waals surface area contributed by atoms with Crippen LogP contribution in [0.3, 0.4) is 0 Å². The molecule has 1 unspecified atom stereocenters. The topological polar surface area (TPSA) is 78.9 Å². The van der Waals surface area contributed by atoms with Crippen LogP contribution in [0.5, 0.6) is 0 Å². The number of carbonyl (C=O) groups is 3. The zero-order valence-corrected chi connectivity index (χ0v) is 35.3. The highest BCUT2D eigenvalue weighted by Gasteiger charge is 2.19. The number of esters is 3. The fraction of sp³-hybridized carbons (Fsp3) is 0.935. The van der Waals surface area contributed by atoms with E-state index < -0.39 is 6.10 Å². The molecular weight excluding hydrogens is 649 g/mol. The Morgan fingerprint density at radius 3 is 1.00 bits per heavy atom. The van der Waals surface area contributed by atoms with Crippen LogP contribution >= 0.6 is 0 Å². The third kappa shape index (κ3) is 38.1. The smallest absolute Gasteiger partial charge is 0.306 e. The molecule has 0 aromatic heterocycles. The van der Waals surface area contributed by atoms with Gasteiger partial charge < -0.3 is 14.2 Å². The summed E-state index contributed by atoms with van der Waals surface area (Å²) < 4.78 is 16.6. The van der Waals surface area contributed by atoms with Crippen molar-refractivity contribution < 1.29 is 28.6 Å². The minimum Gasteiger partial charge on any atom is -0.462 e. The normalized spacial score (nSPS) is 12.5. The quantitative estimate of drug-likeness (QED) is 0.0353. The highest BCUT2D eigenvalue weighted by atomic mass is 16.6. The summed E-state index contributed by atoms with van der Waals surface area (Å²) in [5, 5.41) is 0. The van der Waals surface area contributed by atoms with E-state index in [4.69, 9.17) is 14.2 Å². The van der Waals surface area contributed by atoms with Gasteiger partial charge in [-0.2, -0.15) is 0 Å². The Labute approximate surface area is 323 Å². The first-order valence-electron chi connectivity index (χ1n) is 22.9. The maximum Gasteiger partial charge on any atom is 0.306 e. The summed E-state index contributed by atoms with van der Waals surface area (Å²) >= 11 is 0. The lowest BCUT2D eigenvalue weighted by Gasteiger charge is -2.18. The molecule has 52 heavy (non-hydrogen) atoms. The maximum absolute atomic E-state index is 12.6. The third-order valence-corrected chi connectivity index (χ3v) is 10.7. The van der Waals surface area contributed by atoms with Crippen molar-refractivity contribution in [3.05, 3.63) is 0 Å². The van der Waals surface area contributed by atoms with Crippen molar-refractivity contribution in [3.8, 4) is 0 Å². The highest BCUT2D eigenvalue weighted by Crippen LogP contribution is 2.17. The molecule has 2 atom stereocenters. The zero-order chi connectivity index (χ0) is 38.2. The number of rotatable bonds is 41. The maximum atomic E-state index is 12.6. The van der Waals surface area contributed by atoms with Crippen molar-refractivity contribution in [2.45, 2.75) is 259 Å². The van der Waals surface area contributed by atoms with Gasteiger partial charge in [0.1, 0.15) is 13.2 Å². The molecule has 0 radical (unpaired) electrons. The molecule has 0 aromatic rings.